The minimum absolute atomic E-state index is 0.0609. The first-order valence-electron chi connectivity index (χ1n) is 10.3. The van der Waals surface area contributed by atoms with Crippen molar-refractivity contribution >= 4 is 28.4 Å². The van der Waals surface area contributed by atoms with Crippen molar-refractivity contribution in [1.29, 1.82) is 0 Å². The topological polar surface area (TPSA) is 75.0 Å². The van der Waals surface area contributed by atoms with Crippen molar-refractivity contribution < 1.29 is 23.4 Å². The molecule has 6 nitrogen and oxygen atoms in total. The number of hydrogen-bond donors (Lipinski definition) is 0. The molecule has 0 bridgehead atoms. The van der Waals surface area contributed by atoms with Crippen LogP contribution in [0.3, 0.4) is 0 Å². The highest BCUT2D eigenvalue weighted by atomic mass is 35.5. The van der Waals surface area contributed by atoms with Crippen molar-refractivity contribution in [2.75, 3.05) is 20.3 Å². The lowest BCUT2D eigenvalue weighted by Crippen LogP contribution is -2.17. The number of benzene rings is 3. The number of Topliss-reactive ketones (excluding diaryl/α,β-unsaturated/α-hetero) is 1. The fourth-order valence-corrected chi connectivity index (χ4v) is 3.51. The molecule has 33 heavy (non-hydrogen) atoms. The molecule has 4 rings (SSSR count). The van der Waals surface area contributed by atoms with E-state index in [0.717, 1.165) is 0 Å². The van der Waals surface area contributed by atoms with E-state index < -0.39 is 5.43 Å². The third kappa shape index (κ3) is 4.86. The number of ether oxygens (including phenoxy) is 3. The van der Waals surface area contributed by atoms with E-state index in [2.05, 4.69) is 0 Å². The van der Waals surface area contributed by atoms with Crippen LogP contribution in [0.4, 0.5) is 0 Å². The molecular weight excluding hydrogens is 444 g/mol. The summed E-state index contributed by atoms with van der Waals surface area (Å²) < 4.78 is 22.4. The van der Waals surface area contributed by atoms with Gasteiger partial charge in [-0.25, -0.2) is 0 Å². The van der Waals surface area contributed by atoms with Crippen LogP contribution in [-0.2, 0) is 0 Å². The van der Waals surface area contributed by atoms with E-state index in [4.69, 9.17) is 30.2 Å². The van der Waals surface area contributed by atoms with Crippen LogP contribution in [-0.4, -0.2) is 26.1 Å². The van der Waals surface area contributed by atoms with Gasteiger partial charge in [-0.1, -0.05) is 11.6 Å². The third-order valence-electron chi connectivity index (χ3n) is 5.00. The second-order valence-electron chi connectivity index (χ2n) is 7.13. The van der Waals surface area contributed by atoms with Gasteiger partial charge in [-0.3, -0.25) is 9.59 Å². The van der Waals surface area contributed by atoms with E-state index >= 15 is 0 Å². The van der Waals surface area contributed by atoms with Crippen LogP contribution in [0, 0.1) is 0 Å². The van der Waals surface area contributed by atoms with Gasteiger partial charge < -0.3 is 18.6 Å². The summed E-state index contributed by atoms with van der Waals surface area (Å²) >= 11 is 6.08. The van der Waals surface area contributed by atoms with Crippen LogP contribution >= 0.6 is 11.6 Å². The van der Waals surface area contributed by atoms with Crippen molar-refractivity contribution in [1.82, 2.24) is 0 Å². The monoisotopic (exact) mass is 464 g/mol. The van der Waals surface area contributed by atoms with E-state index in [0.29, 0.717) is 39.8 Å². The first-order chi connectivity index (χ1) is 16.0. The lowest BCUT2D eigenvalue weighted by atomic mass is 10.1. The number of halogens is 1. The molecule has 0 N–H and O–H groups in total. The van der Waals surface area contributed by atoms with Crippen molar-refractivity contribution in [3.63, 3.8) is 0 Å². The number of hydrogen-bond acceptors (Lipinski definition) is 6. The number of carbonyl (C=O) groups is 1. The van der Waals surface area contributed by atoms with Crippen molar-refractivity contribution in [2.24, 2.45) is 0 Å². The average molecular weight is 465 g/mol. The molecule has 7 heteroatoms. The fraction of sp³-hybridized carbons (Fsp3) is 0.154. The van der Waals surface area contributed by atoms with Gasteiger partial charge in [0, 0.05) is 16.1 Å². The summed E-state index contributed by atoms with van der Waals surface area (Å²) in [5, 5.41) is 0.659. The molecule has 0 radical (unpaired) electrons. The number of fused-ring (bicyclic) bond motifs is 1. The molecule has 0 unspecified atom stereocenters. The average Bonchev–Trinajstić information content (AvgIpc) is 2.84. The van der Waals surface area contributed by atoms with Gasteiger partial charge in [0.2, 0.25) is 11.2 Å². The Kier molecular flexibility index (Phi) is 6.66. The van der Waals surface area contributed by atoms with Crippen LogP contribution in [0.15, 0.2) is 75.9 Å². The highest BCUT2D eigenvalue weighted by Gasteiger charge is 2.20. The molecule has 0 amide bonds. The Hall–Kier alpha value is -3.77. The summed E-state index contributed by atoms with van der Waals surface area (Å²) in [6.07, 6.45) is 0. The first kappa shape index (κ1) is 22.4. The molecule has 4 aromatic rings. The summed E-state index contributed by atoms with van der Waals surface area (Å²) in [6.45, 7) is 2.08. The standard InChI is InChI=1S/C26H21ClO6/c1-3-31-20-11-4-16(5-12-20)22(28)15-32-26-24(29)21-14-18(27)8-13-23(21)33-25(26)17-6-9-19(30-2)10-7-17/h4-14H,3,15H2,1-2H3. The fourth-order valence-electron chi connectivity index (χ4n) is 3.34. The number of ketones is 1. The maximum Gasteiger partial charge on any atom is 0.235 e. The molecule has 0 saturated heterocycles. The number of rotatable bonds is 8. The molecule has 168 valence electrons. The maximum absolute atomic E-state index is 13.3. The van der Waals surface area contributed by atoms with E-state index in [1.165, 1.54) is 6.07 Å². The van der Waals surface area contributed by atoms with Gasteiger partial charge in [0.25, 0.3) is 0 Å². The molecule has 3 aromatic carbocycles. The molecule has 1 aromatic heterocycles. The second-order valence-corrected chi connectivity index (χ2v) is 7.56. The molecule has 0 spiro atoms. The van der Waals surface area contributed by atoms with Gasteiger partial charge >= 0.3 is 0 Å². The van der Waals surface area contributed by atoms with E-state index in [9.17, 15) is 9.59 Å². The maximum atomic E-state index is 13.3. The molecule has 0 fully saturated rings. The largest absolute Gasteiger partial charge is 0.497 e. The van der Waals surface area contributed by atoms with Crippen LogP contribution in [0.2, 0.25) is 5.02 Å². The quantitative estimate of drug-likeness (QED) is 0.307. The zero-order valence-corrected chi connectivity index (χ0v) is 18.8. The minimum Gasteiger partial charge on any atom is -0.497 e. The summed E-state index contributed by atoms with van der Waals surface area (Å²) in [4.78, 5) is 26.0. The van der Waals surface area contributed by atoms with Gasteiger partial charge in [-0.05, 0) is 73.7 Å². The summed E-state index contributed by atoms with van der Waals surface area (Å²) in [6, 6.07) is 18.5. The second kappa shape index (κ2) is 9.79. The highest BCUT2D eigenvalue weighted by molar-refractivity contribution is 6.31. The van der Waals surface area contributed by atoms with Crippen LogP contribution < -0.4 is 19.6 Å². The number of carbonyl (C=O) groups excluding carboxylic acids is 1. The highest BCUT2D eigenvalue weighted by Crippen LogP contribution is 2.32. The van der Waals surface area contributed by atoms with Crippen LogP contribution in [0.5, 0.6) is 17.2 Å². The van der Waals surface area contributed by atoms with Crippen LogP contribution in [0.25, 0.3) is 22.3 Å². The Labute approximate surface area is 195 Å². The van der Waals surface area contributed by atoms with Crippen LogP contribution in [0.1, 0.15) is 17.3 Å². The zero-order valence-electron chi connectivity index (χ0n) is 18.1. The molecular formula is C26H21ClO6. The summed E-state index contributed by atoms with van der Waals surface area (Å²) in [5.74, 6) is 1.20. The van der Waals surface area contributed by atoms with E-state index in [-0.39, 0.29) is 29.3 Å². The molecule has 0 atom stereocenters. The first-order valence-corrected chi connectivity index (χ1v) is 10.7. The molecule has 0 saturated carbocycles. The van der Waals surface area contributed by atoms with Gasteiger partial charge in [-0.15, -0.1) is 0 Å². The predicted octanol–water partition coefficient (Wildman–Crippen LogP) is 5.78. The summed E-state index contributed by atoms with van der Waals surface area (Å²) in [5.41, 5.74) is 0.996. The Morgan fingerprint density at radius 2 is 1.64 bits per heavy atom. The lowest BCUT2D eigenvalue weighted by Gasteiger charge is -2.12. The Morgan fingerprint density at radius 1 is 0.939 bits per heavy atom. The van der Waals surface area contributed by atoms with Crippen molar-refractivity contribution in [3.8, 4) is 28.6 Å². The third-order valence-corrected chi connectivity index (χ3v) is 5.23. The lowest BCUT2D eigenvalue weighted by molar-refractivity contribution is 0.0920. The SMILES string of the molecule is CCOc1ccc(C(=O)COc2c(-c3ccc(OC)cc3)oc3ccc(Cl)cc3c2=O)cc1. The smallest absolute Gasteiger partial charge is 0.235 e. The van der Waals surface area contributed by atoms with E-state index in [1.807, 2.05) is 6.92 Å². The molecule has 0 aliphatic heterocycles. The zero-order chi connectivity index (χ0) is 23.4. The van der Waals surface area contributed by atoms with Gasteiger partial charge in [-0.2, -0.15) is 0 Å². The minimum atomic E-state index is -0.413. The van der Waals surface area contributed by atoms with Gasteiger partial charge in [0.15, 0.2) is 18.2 Å². The number of methoxy groups -OCH3 is 1. The predicted molar refractivity (Wildman–Crippen MR) is 127 cm³/mol. The van der Waals surface area contributed by atoms with Gasteiger partial charge in [0.05, 0.1) is 19.1 Å². The Morgan fingerprint density at radius 3 is 2.30 bits per heavy atom. The van der Waals surface area contributed by atoms with E-state index in [1.54, 1.807) is 67.8 Å². The molecule has 0 aliphatic rings. The normalized spacial score (nSPS) is 10.8. The Bertz CT molecular complexity index is 1340. The van der Waals surface area contributed by atoms with Gasteiger partial charge in [0.1, 0.15) is 17.1 Å². The Balaban J connectivity index is 1.70. The molecule has 0 aliphatic carbocycles. The van der Waals surface area contributed by atoms with Crippen molar-refractivity contribution in [3.05, 3.63) is 87.5 Å². The molecule has 1 heterocycles. The van der Waals surface area contributed by atoms with Crippen molar-refractivity contribution in [2.45, 2.75) is 6.92 Å². The summed E-state index contributed by atoms with van der Waals surface area (Å²) in [7, 11) is 1.57.